The second-order valence-corrected chi connectivity index (χ2v) is 3.53. The highest BCUT2D eigenvalue weighted by Gasteiger charge is 1.93. The van der Waals surface area contributed by atoms with Crippen LogP contribution in [0.25, 0.3) is 0 Å². The van der Waals surface area contributed by atoms with E-state index in [9.17, 15) is 0 Å². The van der Waals surface area contributed by atoms with Gasteiger partial charge in [-0.05, 0) is 34.2 Å². The number of alkyl halides is 1. The fourth-order valence-corrected chi connectivity index (χ4v) is 2.34. The maximum absolute atomic E-state index is 4.01. The number of nitrogens with zero attached hydrogens (tertiary/aromatic N) is 1. The number of halogens is 2. The molecule has 1 aromatic heterocycles. The summed E-state index contributed by atoms with van der Waals surface area (Å²) < 4.78 is 2.35. The largest absolute Gasteiger partial charge is 0.264 e. The van der Waals surface area contributed by atoms with Crippen LogP contribution in [0.4, 0.5) is 0 Å². The van der Waals surface area contributed by atoms with E-state index in [-0.39, 0.29) is 0 Å². The van der Waals surface area contributed by atoms with E-state index in [4.69, 9.17) is 0 Å². The van der Waals surface area contributed by atoms with Crippen molar-refractivity contribution in [1.29, 1.82) is 0 Å². The highest BCUT2D eigenvalue weighted by Crippen LogP contribution is 2.12. The van der Waals surface area contributed by atoms with E-state index in [2.05, 4.69) is 50.2 Å². The first-order valence-corrected chi connectivity index (χ1v) is 5.09. The van der Waals surface area contributed by atoms with Gasteiger partial charge in [-0.15, -0.1) is 0 Å². The van der Waals surface area contributed by atoms with Crippen LogP contribution in [0.15, 0.2) is 18.5 Å². The molecule has 1 nitrogen and oxygen atoms in total. The van der Waals surface area contributed by atoms with E-state index in [1.807, 2.05) is 18.5 Å². The summed E-state index contributed by atoms with van der Waals surface area (Å²) in [5.74, 6) is 0. The lowest BCUT2D eigenvalue weighted by molar-refractivity contribution is 1.24. The van der Waals surface area contributed by atoms with Gasteiger partial charge in [-0.1, -0.05) is 22.6 Å². The number of pyridine rings is 1. The molecule has 3 heteroatoms. The molecule has 0 N–H and O–H groups in total. The lowest BCUT2D eigenvalue weighted by Gasteiger charge is -1.94. The highest BCUT2D eigenvalue weighted by atomic mass is 127. The van der Waals surface area contributed by atoms with Gasteiger partial charge in [-0.2, -0.15) is 0 Å². The Hall–Kier alpha value is 0.610. The van der Waals surface area contributed by atoms with Gasteiger partial charge in [0.15, 0.2) is 0 Å². The fourth-order valence-electron chi connectivity index (χ4n) is 0.509. The Bertz CT molecular complexity index is 200. The molecule has 0 saturated heterocycles. The van der Waals surface area contributed by atoms with Crippen LogP contribution in [-0.2, 0) is 4.43 Å². The Morgan fingerprint density at radius 3 is 2.78 bits per heavy atom. The van der Waals surface area contributed by atoms with Gasteiger partial charge < -0.3 is 0 Å². The summed E-state index contributed by atoms with van der Waals surface area (Å²) in [6, 6.07) is 2.02. The van der Waals surface area contributed by atoms with Crippen molar-refractivity contribution >= 4 is 45.2 Å². The first-order chi connectivity index (χ1) is 4.34. The second-order valence-electron chi connectivity index (χ2n) is 1.60. The molecule has 48 valence electrons. The Balaban J connectivity index is 3.01. The van der Waals surface area contributed by atoms with Crippen LogP contribution < -0.4 is 0 Å². The van der Waals surface area contributed by atoms with Crippen LogP contribution in [-0.4, -0.2) is 4.98 Å². The third-order valence-corrected chi connectivity index (χ3v) is 2.86. The molecule has 0 spiro atoms. The average Bonchev–Trinajstić information content (AvgIpc) is 1.89. The molecule has 1 aromatic rings. The minimum absolute atomic E-state index is 1.05. The summed E-state index contributed by atoms with van der Waals surface area (Å²) in [4.78, 5) is 4.01. The van der Waals surface area contributed by atoms with Crippen molar-refractivity contribution in [2.75, 3.05) is 0 Å². The molecule has 0 unspecified atom stereocenters. The Morgan fingerprint density at radius 1 is 1.56 bits per heavy atom. The molecule has 0 saturated carbocycles. The van der Waals surface area contributed by atoms with Gasteiger partial charge >= 0.3 is 0 Å². The second kappa shape index (κ2) is 3.70. The van der Waals surface area contributed by atoms with E-state index >= 15 is 0 Å². The summed E-state index contributed by atoms with van der Waals surface area (Å²) in [5, 5.41) is 0. The fraction of sp³-hybridized carbons (Fsp3) is 0.167. The smallest absolute Gasteiger partial charge is 0.0318 e. The van der Waals surface area contributed by atoms with Crippen molar-refractivity contribution < 1.29 is 0 Å². The minimum Gasteiger partial charge on any atom is -0.264 e. The van der Waals surface area contributed by atoms with Gasteiger partial charge in [0, 0.05) is 20.4 Å². The van der Waals surface area contributed by atoms with Crippen molar-refractivity contribution in [2.24, 2.45) is 0 Å². The zero-order valence-electron chi connectivity index (χ0n) is 4.64. The zero-order chi connectivity index (χ0) is 6.69. The van der Waals surface area contributed by atoms with Crippen molar-refractivity contribution in [3.8, 4) is 0 Å². The van der Waals surface area contributed by atoms with Gasteiger partial charge in [0.2, 0.25) is 0 Å². The molecule has 0 aliphatic heterocycles. The minimum atomic E-state index is 1.05. The molecule has 0 fully saturated rings. The number of aromatic nitrogens is 1. The molecular weight excluding hydrogens is 340 g/mol. The highest BCUT2D eigenvalue weighted by molar-refractivity contribution is 14.1. The summed E-state index contributed by atoms with van der Waals surface area (Å²) >= 11 is 4.65. The lowest BCUT2D eigenvalue weighted by atomic mass is 10.3. The lowest BCUT2D eigenvalue weighted by Crippen LogP contribution is -1.83. The Morgan fingerprint density at radius 2 is 2.33 bits per heavy atom. The van der Waals surface area contributed by atoms with Crippen LogP contribution in [0, 0.1) is 3.57 Å². The first-order valence-electron chi connectivity index (χ1n) is 2.49. The zero-order valence-corrected chi connectivity index (χ0v) is 8.96. The number of hydrogen-bond donors (Lipinski definition) is 0. The third-order valence-electron chi connectivity index (χ3n) is 0.988. The summed E-state index contributed by atoms with van der Waals surface area (Å²) in [6.45, 7) is 0. The van der Waals surface area contributed by atoms with Gasteiger partial charge in [-0.25, -0.2) is 0 Å². The SMILES string of the molecule is ICc1cnccc1I. The van der Waals surface area contributed by atoms with E-state index in [1.54, 1.807) is 0 Å². The molecule has 0 amide bonds. The predicted octanol–water partition coefficient (Wildman–Crippen LogP) is 2.62. The molecule has 0 bridgehead atoms. The molecule has 9 heavy (non-hydrogen) atoms. The van der Waals surface area contributed by atoms with Crippen LogP contribution >= 0.6 is 45.2 Å². The van der Waals surface area contributed by atoms with Crippen molar-refractivity contribution in [2.45, 2.75) is 4.43 Å². The van der Waals surface area contributed by atoms with Crippen molar-refractivity contribution in [3.05, 3.63) is 27.6 Å². The van der Waals surface area contributed by atoms with E-state index < -0.39 is 0 Å². The standard InChI is InChI=1S/C6H5I2N/c7-3-5-4-9-2-1-6(5)8/h1-2,4H,3H2. The van der Waals surface area contributed by atoms with Gasteiger partial charge in [0.1, 0.15) is 0 Å². The van der Waals surface area contributed by atoms with Crippen LogP contribution in [0.2, 0.25) is 0 Å². The molecule has 1 rings (SSSR count). The van der Waals surface area contributed by atoms with Gasteiger partial charge in [0.05, 0.1) is 0 Å². The summed E-state index contributed by atoms with van der Waals surface area (Å²) in [6.07, 6.45) is 3.73. The van der Waals surface area contributed by atoms with Crippen molar-refractivity contribution in [3.63, 3.8) is 0 Å². The van der Waals surface area contributed by atoms with Crippen LogP contribution in [0.5, 0.6) is 0 Å². The van der Waals surface area contributed by atoms with Crippen molar-refractivity contribution in [1.82, 2.24) is 4.98 Å². The monoisotopic (exact) mass is 345 g/mol. The quantitative estimate of drug-likeness (QED) is 0.564. The first kappa shape index (κ1) is 7.71. The molecular formula is C6H5I2N. The maximum atomic E-state index is 4.01. The average molecular weight is 345 g/mol. The predicted molar refractivity (Wildman–Crippen MR) is 54.7 cm³/mol. The van der Waals surface area contributed by atoms with E-state index in [1.165, 1.54) is 9.13 Å². The van der Waals surface area contributed by atoms with Crippen LogP contribution in [0.1, 0.15) is 5.56 Å². The van der Waals surface area contributed by atoms with Gasteiger partial charge in [0.25, 0.3) is 0 Å². The third kappa shape index (κ3) is 2.03. The molecule has 1 heterocycles. The van der Waals surface area contributed by atoms with Gasteiger partial charge in [-0.3, -0.25) is 4.98 Å². The summed E-state index contributed by atoms with van der Waals surface area (Å²) in [7, 11) is 0. The number of rotatable bonds is 1. The Labute approximate surface area is 81.5 Å². The molecule has 0 aromatic carbocycles. The Kier molecular flexibility index (Phi) is 3.17. The number of hydrogen-bond acceptors (Lipinski definition) is 1. The topological polar surface area (TPSA) is 12.9 Å². The maximum Gasteiger partial charge on any atom is 0.0318 e. The van der Waals surface area contributed by atoms with Crippen LogP contribution in [0.3, 0.4) is 0 Å². The molecule has 0 aliphatic carbocycles. The normalized spacial score (nSPS) is 9.56. The van der Waals surface area contributed by atoms with E-state index in [0.29, 0.717) is 0 Å². The molecule has 0 radical (unpaired) electrons. The molecule has 0 atom stereocenters. The molecule has 0 aliphatic rings. The summed E-state index contributed by atoms with van der Waals surface area (Å²) in [5.41, 5.74) is 1.32. The van der Waals surface area contributed by atoms with E-state index in [0.717, 1.165) is 4.43 Å².